The summed E-state index contributed by atoms with van der Waals surface area (Å²) in [6.07, 6.45) is 3.76. The number of anilines is 1. The molecule has 6 heteroatoms. The standard InChI is InChI=1S/C15H26N2.2F2/c1-4-12-17(3)13-8-7-11-16-15-10-6-5-9-14(15)2;2*1-2/h5-6,9-10,16H,4,7-8,11-13H2,1-3H3;;. The van der Waals surface area contributed by atoms with Crippen molar-refractivity contribution >= 4 is 5.69 Å². The molecule has 1 aromatic rings. The molecular weight excluding hydrogens is 284 g/mol. The van der Waals surface area contributed by atoms with E-state index in [1.54, 1.807) is 0 Å². The van der Waals surface area contributed by atoms with Crippen molar-refractivity contribution in [1.82, 2.24) is 4.90 Å². The van der Waals surface area contributed by atoms with Crippen molar-refractivity contribution < 1.29 is 18.3 Å². The van der Waals surface area contributed by atoms with Gasteiger partial charge in [-0.1, -0.05) is 25.1 Å². The smallest absolute Gasteiger partial charge is 0.0369 e. The molecule has 124 valence electrons. The van der Waals surface area contributed by atoms with Crippen LogP contribution in [-0.4, -0.2) is 31.6 Å². The number of para-hydroxylation sites is 1. The average molecular weight is 310 g/mol. The van der Waals surface area contributed by atoms with E-state index in [2.05, 4.69) is 55.4 Å². The fraction of sp³-hybridized carbons (Fsp3) is 0.600. The van der Waals surface area contributed by atoms with Crippen LogP contribution in [0.15, 0.2) is 24.3 Å². The zero-order chi connectivity index (χ0) is 16.5. The van der Waals surface area contributed by atoms with Crippen LogP contribution in [0.4, 0.5) is 24.0 Å². The minimum Gasteiger partial charge on any atom is -0.385 e. The van der Waals surface area contributed by atoms with Crippen molar-refractivity contribution in [2.24, 2.45) is 0 Å². The topological polar surface area (TPSA) is 15.3 Å². The largest absolute Gasteiger partial charge is 0.385 e. The quantitative estimate of drug-likeness (QED) is 0.524. The predicted octanol–water partition coefficient (Wildman–Crippen LogP) is 5.21. The van der Waals surface area contributed by atoms with E-state index in [0.717, 1.165) is 6.54 Å². The van der Waals surface area contributed by atoms with Gasteiger partial charge in [0.05, 0.1) is 0 Å². The molecule has 0 saturated heterocycles. The SMILES string of the molecule is CCCN(C)CCCCNc1ccccc1C.FF.FF. The summed E-state index contributed by atoms with van der Waals surface area (Å²) in [6, 6.07) is 8.47. The van der Waals surface area contributed by atoms with Gasteiger partial charge in [-0.2, -0.15) is 0 Å². The Kier molecular flexibility index (Phi) is 17.5. The normalized spacial score (nSPS) is 9.33. The van der Waals surface area contributed by atoms with Crippen LogP contribution in [-0.2, 0) is 0 Å². The number of rotatable bonds is 8. The summed E-state index contributed by atoms with van der Waals surface area (Å²) in [4.78, 5) is 2.41. The van der Waals surface area contributed by atoms with E-state index in [1.165, 1.54) is 43.6 Å². The van der Waals surface area contributed by atoms with Gasteiger partial charge in [0.15, 0.2) is 0 Å². The minimum atomic E-state index is 1.07. The van der Waals surface area contributed by atoms with E-state index in [4.69, 9.17) is 18.3 Å². The zero-order valence-electron chi connectivity index (χ0n) is 13.0. The lowest BCUT2D eigenvalue weighted by molar-refractivity contribution is 0.108. The Balaban J connectivity index is 0. The average Bonchev–Trinajstić information content (AvgIpc) is 2.53. The van der Waals surface area contributed by atoms with Crippen molar-refractivity contribution in [3.05, 3.63) is 29.8 Å². The first-order valence-corrected chi connectivity index (χ1v) is 7.00. The molecule has 0 atom stereocenters. The Morgan fingerprint density at radius 1 is 1.00 bits per heavy atom. The fourth-order valence-electron chi connectivity index (χ4n) is 1.99. The number of benzene rings is 1. The van der Waals surface area contributed by atoms with Gasteiger partial charge in [-0.15, -0.1) is 0 Å². The highest BCUT2D eigenvalue weighted by Crippen LogP contribution is 2.12. The molecule has 0 amide bonds. The summed E-state index contributed by atoms with van der Waals surface area (Å²) in [5, 5.41) is 3.50. The second kappa shape index (κ2) is 16.8. The summed E-state index contributed by atoms with van der Waals surface area (Å²) in [7, 11) is 2.21. The second-order valence-electron chi connectivity index (χ2n) is 4.75. The van der Waals surface area contributed by atoms with Gasteiger partial charge in [-0.05, 0) is 58.0 Å². The molecule has 0 fully saturated rings. The van der Waals surface area contributed by atoms with E-state index >= 15 is 0 Å². The van der Waals surface area contributed by atoms with Crippen LogP contribution in [0.5, 0.6) is 0 Å². The number of halogens is 4. The number of aryl methyl sites for hydroxylation is 1. The minimum absolute atomic E-state index is 1.07. The highest BCUT2D eigenvalue weighted by Gasteiger charge is 1.97. The molecule has 0 radical (unpaired) electrons. The lowest BCUT2D eigenvalue weighted by Crippen LogP contribution is -2.20. The van der Waals surface area contributed by atoms with E-state index in [0.29, 0.717) is 0 Å². The molecule has 0 aliphatic heterocycles. The Morgan fingerprint density at radius 2 is 1.62 bits per heavy atom. The van der Waals surface area contributed by atoms with Crippen LogP contribution < -0.4 is 5.32 Å². The van der Waals surface area contributed by atoms with Crippen LogP contribution in [0.25, 0.3) is 0 Å². The molecule has 1 rings (SSSR count). The first kappa shape index (κ1) is 22.0. The van der Waals surface area contributed by atoms with E-state index in [-0.39, 0.29) is 0 Å². The highest BCUT2D eigenvalue weighted by molar-refractivity contribution is 5.49. The Labute approximate surface area is 124 Å². The predicted molar refractivity (Wildman–Crippen MR) is 81.1 cm³/mol. The lowest BCUT2D eigenvalue weighted by atomic mass is 10.2. The summed E-state index contributed by atoms with van der Waals surface area (Å²) in [6.45, 7) is 7.88. The molecule has 1 aromatic carbocycles. The highest BCUT2D eigenvalue weighted by atomic mass is 20.0. The van der Waals surface area contributed by atoms with Gasteiger partial charge in [-0.25, -0.2) is 0 Å². The number of hydrogen-bond acceptors (Lipinski definition) is 2. The Hall–Kier alpha value is -1.30. The van der Waals surface area contributed by atoms with Gasteiger partial charge in [-0.3, -0.25) is 0 Å². The van der Waals surface area contributed by atoms with E-state index in [1.807, 2.05) is 0 Å². The number of nitrogens with zero attached hydrogens (tertiary/aromatic N) is 1. The van der Waals surface area contributed by atoms with Gasteiger partial charge >= 0.3 is 0 Å². The third-order valence-electron chi connectivity index (χ3n) is 3.03. The van der Waals surface area contributed by atoms with Crippen LogP contribution in [0, 0.1) is 6.92 Å². The first-order valence-electron chi connectivity index (χ1n) is 7.00. The number of nitrogens with one attached hydrogen (secondary N) is 1. The Morgan fingerprint density at radius 3 is 2.19 bits per heavy atom. The van der Waals surface area contributed by atoms with Crippen molar-refractivity contribution in [3.8, 4) is 0 Å². The van der Waals surface area contributed by atoms with Crippen LogP contribution in [0.3, 0.4) is 0 Å². The van der Waals surface area contributed by atoms with Gasteiger partial charge < -0.3 is 10.2 Å². The first-order chi connectivity index (χ1) is 10.2. The maximum absolute atomic E-state index is 8.00. The van der Waals surface area contributed by atoms with Crippen LogP contribution >= 0.6 is 0 Å². The summed E-state index contributed by atoms with van der Waals surface area (Å²) in [5.74, 6) is 0. The second-order valence-corrected chi connectivity index (χ2v) is 4.75. The van der Waals surface area contributed by atoms with Crippen molar-refractivity contribution in [3.63, 3.8) is 0 Å². The van der Waals surface area contributed by atoms with Crippen molar-refractivity contribution in [2.45, 2.75) is 33.1 Å². The molecule has 0 aromatic heterocycles. The van der Waals surface area contributed by atoms with Crippen molar-refractivity contribution in [2.75, 3.05) is 32.0 Å². The molecule has 0 aliphatic carbocycles. The molecular formula is C15H26F4N2. The fourth-order valence-corrected chi connectivity index (χ4v) is 1.99. The van der Waals surface area contributed by atoms with Gasteiger partial charge in [0.25, 0.3) is 0 Å². The monoisotopic (exact) mass is 310 g/mol. The summed E-state index contributed by atoms with van der Waals surface area (Å²) in [5.41, 5.74) is 2.60. The van der Waals surface area contributed by atoms with Crippen LogP contribution in [0.2, 0.25) is 0 Å². The third-order valence-corrected chi connectivity index (χ3v) is 3.03. The van der Waals surface area contributed by atoms with Crippen LogP contribution in [0.1, 0.15) is 31.7 Å². The third kappa shape index (κ3) is 12.2. The molecule has 0 heterocycles. The molecule has 0 aliphatic rings. The van der Waals surface area contributed by atoms with Crippen molar-refractivity contribution in [1.29, 1.82) is 0 Å². The summed E-state index contributed by atoms with van der Waals surface area (Å²) >= 11 is 0. The molecule has 1 N–H and O–H groups in total. The van der Waals surface area contributed by atoms with Gasteiger partial charge in [0, 0.05) is 30.5 Å². The number of hydrogen-bond donors (Lipinski definition) is 1. The molecule has 0 saturated carbocycles. The molecule has 0 bridgehead atoms. The summed E-state index contributed by atoms with van der Waals surface area (Å²) < 4.78 is 32.0. The zero-order valence-corrected chi connectivity index (χ0v) is 13.0. The molecule has 0 spiro atoms. The van der Waals surface area contributed by atoms with Gasteiger partial charge in [0.1, 0.15) is 0 Å². The molecule has 0 unspecified atom stereocenters. The maximum Gasteiger partial charge on any atom is 0.0369 e. The van der Waals surface area contributed by atoms with E-state index < -0.39 is 0 Å². The van der Waals surface area contributed by atoms with E-state index in [9.17, 15) is 0 Å². The molecule has 2 nitrogen and oxygen atoms in total. The molecule has 21 heavy (non-hydrogen) atoms. The lowest BCUT2D eigenvalue weighted by Gasteiger charge is -2.15. The number of unbranched alkanes of at least 4 members (excludes halogenated alkanes) is 1. The Bertz CT molecular complexity index is 324. The van der Waals surface area contributed by atoms with Gasteiger partial charge in [0.2, 0.25) is 0 Å². The maximum atomic E-state index is 8.00.